The number of aromatic nitrogens is 3. The van der Waals surface area contributed by atoms with Gasteiger partial charge in [0, 0.05) is 27.3 Å². The number of nitrogens with zero attached hydrogens (tertiary/aromatic N) is 3. The van der Waals surface area contributed by atoms with Crippen molar-refractivity contribution in [2.24, 2.45) is 0 Å². The molecule has 4 nitrogen and oxygen atoms in total. The summed E-state index contributed by atoms with van der Waals surface area (Å²) in [5.74, 6) is 0.605. The van der Waals surface area contributed by atoms with Crippen LogP contribution in [0.3, 0.4) is 0 Å². The maximum atomic E-state index is 6.02. The van der Waals surface area contributed by atoms with E-state index < -0.39 is 0 Å². The van der Waals surface area contributed by atoms with E-state index in [1.165, 1.54) is 0 Å². The van der Waals surface area contributed by atoms with Gasteiger partial charge in [0.15, 0.2) is 5.82 Å². The molecule has 0 aliphatic rings. The molecule has 3 aromatic heterocycles. The van der Waals surface area contributed by atoms with Crippen molar-refractivity contribution in [3.05, 3.63) is 140 Å². The monoisotopic (exact) mass is 525 g/mol. The highest BCUT2D eigenvalue weighted by atomic mass is 16.3. The number of rotatable bonds is 4. The van der Waals surface area contributed by atoms with Crippen LogP contribution in [-0.4, -0.2) is 15.0 Å². The minimum atomic E-state index is 0.605. The maximum absolute atomic E-state index is 6.02. The van der Waals surface area contributed by atoms with Gasteiger partial charge in [0.1, 0.15) is 16.9 Å². The van der Waals surface area contributed by atoms with Crippen molar-refractivity contribution in [3.8, 4) is 45.2 Å². The van der Waals surface area contributed by atoms with Crippen LogP contribution in [0.15, 0.2) is 144 Å². The number of fused-ring (bicyclic) bond motifs is 4. The van der Waals surface area contributed by atoms with Gasteiger partial charge in [0.05, 0.1) is 16.9 Å². The first-order chi connectivity index (χ1) is 20.3. The van der Waals surface area contributed by atoms with Gasteiger partial charge in [0.2, 0.25) is 0 Å². The molecule has 0 atom stereocenters. The number of pyridine rings is 1. The first-order valence-electron chi connectivity index (χ1n) is 13.6. The minimum Gasteiger partial charge on any atom is -0.456 e. The lowest BCUT2D eigenvalue weighted by Gasteiger charge is -2.10. The van der Waals surface area contributed by atoms with E-state index in [2.05, 4.69) is 78.9 Å². The van der Waals surface area contributed by atoms with Gasteiger partial charge in [-0.2, -0.15) is 0 Å². The first-order valence-corrected chi connectivity index (χ1v) is 13.6. The van der Waals surface area contributed by atoms with E-state index in [-0.39, 0.29) is 0 Å². The van der Waals surface area contributed by atoms with Crippen molar-refractivity contribution in [2.75, 3.05) is 0 Å². The lowest BCUT2D eigenvalue weighted by Crippen LogP contribution is -1.97. The van der Waals surface area contributed by atoms with E-state index in [1.54, 1.807) is 0 Å². The van der Waals surface area contributed by atoms with Gasteiger partial charge in [-0.25, -0.2) is 15.0 Å². The standard InChI is InChI=1S/C37H23N3O/c1-2-8-25(9-3-1)33-23-34(40-37(39-33)32-20-18-26-10-4-6-12-31(26)38-32)27-16-14-24(15-17-27)28-19-21-36-30(22-28)29-11-5-7-13-35(29)41-36/h1-23H. The van der Waals surface area contributed by atoms with Gasteiger partial charge >= 0.3 is 0 Å². The molecule has 0 fully saturated rings. The Bertz CT molecular complexity index is 2200. The largest absolute Gasteiger partial charge is 0.456 e. The smallest absolute Gasteiger partial charge is 0.179 e. The molecular formula is C37H23N3O. The fourth-order valence-electron chi connectivity index (χ4n) is 5.40. The molecule has 8 rings (SSSR count). The number of furan rings is 1. The highest BCUT2D eigenvalue weighted by Crippen LogP contribution is 2.34. The summed E-state index contributed by atoms with van der Waals surface area (Å²) >= 11 is 0. The summed E-state index contributed by atoms with van der Waals surface area (Å²) in [4.78, 5) is 14.8. The zero-order chi connectivity index (χ0) is 27.2. The predicted octanol–water partition coefficient (Wildman–Crippen LogP) is 9.59. The number of benzene rings is 5. The second-order valence-electron chi connectivity index (χ2n) is 10.1. The molecule has 192 valence electrons. The normalized spacial score (nSPS) is 11.4. The van der Waals surface area contributed by atoms with Crippen LogP contribution in [0, 0.1) is 0 Å². The summed E-state index contributed by atoms with van der Waals surface area (Å²) in [5, 5.41) is 3.34. The molecule has 0 radical (unpaired) electrons. The summed E-state index contributed by atoms with van der Waals surface area (Å²) < 4.78 is 6.02. The van der Waals surface area contributed by atoms with Crippen LogP contribution in [0.2, 0.25) is 0 Å². The molecule has 0 N–H and O–H groups in total. The van der Waals surface area contributed by atoms with E-state index in [0.29, 0.717) is 5.82 Å². The summed E-state index contributed by atoms with van der Waals surface area (Å²) in [6, 6.07) is 47.5. The molecular weight excluding hydrogens is 502 g/mol. The van der Waals surface area contributed by atoms with Gasteiger partial charge in [-0.05, 0) is 47.5 Å². The maximum Gasteiger partial charge on any atom is 0.179 e. The Balaban J connectivity index is 1.21. The SMILES string of the molecule is c1ccc(-c2cc(-c3ccc(-c4ccc5oc6ccccc6c5c4)cc3)nc(-c3ccc4ccccc4n3)n2)cc1. The number of hydrogen-bond acceptors (Lipinski definition) is 4. The summed E-state index contributed by atoms with van der Waals surface area (Å²) in [6.45, 7) is 0. The van der Waals surface area contributed by atoms with Crippen LogP contribution in [0.4, 0.5) is 0 Å². The average molecular weight is 526 g/mol. The van der Waals surface area contributed by atoms with Crippen LogP contribution in [0.1, 0.15) is 0 Å². The van der Waals surface area contributed by atoms with E-state index in [9.17, 15) is 0 Å². The molecule has 0 bridgehead atoms. The van der Waals surface area contributed by atoms with E-state index in [4.69, 9.17) is 19.4 Å². The van der Waals surface area contributed by atoms with E-state index in [1.807, 2.05) is 60.7 Å². The fraction of sp³-hybridized carbons (Fsp3) is 0. The Morgan fingerprint density at radius 3 is 1.90 bits per heavy atom. The Kier molecular flexibility index (Phi) is 5.42. The Morgan fingerprint density at radius 1 is 0.390 bits per heavy atom. The van der Waals surface area contributed by atoms with Crippen molar-refractivity contribution >= 4 is 32.8 Å². The zero-order valence-corrected chi connectivity index (χ0v) is 22.0. The van der Waals surface area contributed by atoms with Crippen LogP contribution in [-0.2, 0) is 0 Å². The van der Waals surface area contributed by atoms with Crippen LogP contribution in [0.25, 0.3) is 78.0 Å². The van der Waals surface area contributed by atoms with Crippen molar-refractivity contribution in [1.29, 1.82) is 0 Å². The van der Waals surface area contributed by atoms with Crippen molar-refractivity contribution in [2.45, 2.75) is 0 Å². The number of hydrogen-bond donors (Lipinski definition) is 0. The predicted molar refractivity (Wildman–Crippen MR) is 166 cm³/mol. The van der Waals surface area contributed by atoms with Gasteiger partial charge in [-0.1, -0.05) is 103 Å². The molecule has 8 aromatic rings. The van der Waals surface area contributed by atoms with Crippen molar-refractivity contribution < 1.29 is 4.42 Å². The molecule has 5 aromatic carbocycles. The summed E-state index contributed by atoms with van der Waals surface area (Å²) in [6.07, 6.45) is 0. The van der Waals surface area contributed by atoms with E-state index >= 15 is 0 Å². The zero-order valence-electron chi connectivity index (χ0n) is 22.0. The topological polar surface area (TPSA) is 51.8 Å². The van der Waals surface area contributed by atoms with E-state index in [0.717, 1.165) is 72.2 Å². The lowest BCUT2D eigenvalue weighted by molar-refractivity contribution is 0.669. The lowest BCUT2D eigenvalue weighted by atomic mass is 10.00. The van der Waals surface area contributed by atoms with Gasteiger partial charge < -0.3 is 4.42 Å². The Hall–Kier alpha value is -5.61. The molecule has 0 aliphatic heterocycles. The molecule has 41 heavy (non-hydrogen) atoms. The summed E-state index contributed by atoms with van der Waals surface area (Å²) in [5.41, 5.74) is 9.53. The van der Waals surface area contributed by atoms with Crippen molar-refractivity contribution in [1.82, 2.24) is 15.0 Å². The van der Waals surface area contributed by atoms with Crippen LogP contribution >= 0.6 is 0 Å². The molecule has 0 spiro atoms. The third kappa shape index (κ3) is 4.23. The molecule has 0 saturated carbocycles. The van der Waals surface area contributed by atoms with Gasteiger partial charge in [-0.3, -0.25) is 0 Å². The van der Waals surface area contributed by atoms with Crippen LogP contribution in [0.5, 0.6) is 0 Å². The highest BCUT2D eigenvalue weighted by Gasteiger charge is 2.13. The molecule has 0 aliphatic carbocycles. The molecule has 0 unspecified atom stereocenters. The van der Waals surface area contributed by atoms with Gasteiger partial charge in [-0.15, -0.1) is 0 Å². The third-order valence-corrected chi connectivity index (χ3v) is 7.51. The Labute approximate surface area is 236 Å². The van der Waals surface area contributed by atoms with Crippen LogP contribution < -0.4 is 0 Å². The second-order valence-corrected chi connectivity index (χ2v) is 10.1. The molecule has 0 saturated heterocycles. The highest BCUT2D eigenvalue weighted by molar-refractivity contribution is 6.06. The third-order valence-electron chi connectivity index (χ3n) is 7.51. The van der Waals surface area contributed by atoms with Gasteiger partial charge in [0.25, 0.3) is 0 Å². The first kappa shape index (κ1) is 23.3. The average Bonchev–Trinajstić information content (AvgIpc) is 3.43. The fourth-order valence-corrected chi connectivity index (χ4v) is 5.40. The van der Waals surface area contributed by atoms with Crippen molar-refractivity contribution in [3.63, 3.8) is 0 Å². The second kappa shape index (κ2) is 9.54. The molecule has 3 heterocycles. The Morgan fingerprint density at radius 2 is 1.05 bits per heavy atom. The molecule has 0 amide bonds. The summed E-state index contributed by atoms with van der Waals surface area (Å²) in [7, 11) is 0. The molecule has 4 heteroatoms. The number of para-hydroxylation sites is 2. The quantitative estimate of drug-likeness (QED) is 0.230. The minimum absolute atomic E-state index is 0.605.